The van der Waals surface area contributed by atoms with Crippen LogP contribution in [0.4, 0.5) is 10.8 Å². The number of hydrogen-bond acceptors (Lipinski definition) is 6. The third kappa shape index (κ3) is 5.47. The summed E-state index contributed by atoms with van der Waals surface area (Å²) in [6, 6.07) is 7.52. The summed E-state index contributed by atoms with van der Waals surface area (Å²) >= 11 is 1.28. The van der Waals surface area contributed by atoms with Gasteiger partial charge in [0, 0.05) is 16.8 Å². The predicted molar refractivity (Wildman–Crippen MR) is 95.9 cm³/mol. The van der Waals surface area contributed by atoms with Crippen molar-refractivity contribution in [3.8, 4) is 0 Å². The van der Waals surface area contributed by atoms with Gasteiger partial charge in [-0.1, -0.05) is 18.2 Å². The topological polar surface area (TPSA) is 109 Å². The van der Waals surface area contributed by atoms with Crippen LogP contribution in [0, 0.1) is 6.92 Å². The van der Waals surface area contributed by atoms with Crippen LogP contribution in [0.3, 0.4) is 0 Å². The molecule has 0 aliphatic rings. The lowest BCUT2D eigenvalue weighted by Crippen LogP contribution is -2.23. The Hall–Kier alpha value is -2.74. The third-order valence-electron chi connectivity index (χ3n) is 3.12. The number of para-hydroxylation sites is 1. The van der Waals surface area contributed by atoms with Gasteiger partial charge >= 0.3 is 0 Å². The summed E-state index contributed by atoms with van der Waals surface area (Å²) in [5, 5.41) is 8.89. The van der Waals surface area contributed by atoms with Gasteiger partial charge < -0.3 is 11.1 Å². The molecule has 0 spiro atoms. The van der Waals surface area contributed by atoms with E-state index in [-0.39, 0.29) is 24.7 Å². The Balaban J connectivity index is 1.81. The molecule has 2 rings (SSSR count). The fourth-order valence-corrected chi connectivity index (χ4v) is 2.51. The standard InChI is InChI=1S/C16H19N5O2S/c1-10-5-3-4-6-13(10)19-14(22)7-11(2)20-21-15(23)8-12-9-24-16(17)18-12/h3-6,9H,7-8H2,1-2H3,(H2,17,18)(H,19,22)(H,21,23)/b20-11-. The number of amides is 2. The van der Waals surface area contributed by atoms with Crippen LogP contribution in [0.2, 0.25) is 0 Å². The normalized spacial score (nSPS) is 11.2. The molecule has 0 fully saturated rings. The molecule has 2 aromatic rings. The molecule has 1 aromatic carbocycles. The number of carbonyl (C=O) groups excluding carboxylic acids is 2. The minimum Gasteiger partial charge on any atom is -0.375 e. The third-order valence-corrected chi connectivity index (χ3v) is 3.84. The number of benzene rings is 1. The lowest BCUT2D eigenvalue weighted by molar-refractivity contribution is -0.120. The van der Waals surface area contributed by atoms with Crippen molar-refractivity contribution in [2.75, 3.05) is 11.1 Å². The number of nitrogens with two attached hydrogens (primary N) is 1. The maximum atomic E-state index is 12.0. The zero-order valence-corrected chi connectivity index (χ0v) is 14.3. The lowest BCUT2D eigenvalue weighted by atomic mass is 10.2. The summed E-state index contributed by atoms with van der Waals surface area (Å²) in [6.45, 7) is 3.60. The van der Waals surface area contributed by atoms with Crippen LogP contribution in [-0.4, -0.2) is 22.5 Å². The number of hydrazone groups is 1. The number of thiazole rings is 1. The highest BCUT2D eigenvalue weighted by Gasteiger charge is 2.08. The fraction of sp³-hybridized carbons (Fsp3) is 0.250. The Morgan fingerprint density at radius 1 is 1.29 bits per heavy atom. The maximum absolute atomic E-state index is 12.0. The Kier molecular flexibility index (Phi) is 6.02. The van der Waals surface area contributed by atoms with Gasteiger partial charge in [-0.05, 0) is 25.5 Å². The van der Waals surface area contributed by atoms with Crippen molar-refractivity contribution in [3.05, 3.63) is 40.9 Å². The number of aromatic nitrogens is 1. The van der Waals surface area contributed by atoms with Gasteiger partial charge in [0.2, 0.25) is 11.8 Å². The van der Waals surface area contributed by atoms with E-state index in [1.165, 1.54) is 11.3 Å². The zero-order valence-electron chi connectivity index (χ0n) is 13.5. The summed E-state index contributed by atoms with van der Waals surface area (Å²) in [7, 11) is 0. The van der Waals surface area contributed by atoms with Crippen LogP contribution >= 0.6 is 11.3 Å². The summed E-state index contributed by atoms with van der Waals surface area (Å²) < 4.78 is 0. The predicted octanol–water partition coefficient (Wildman–Crippen LogP) is 2.10. The van der Waals surface area contributed by atoms with Crippen LogP contribution < -0.4 is 16.5 Å². The molecule has 7 nitrogen and oxygen atoms in total. The minimum atomic E-state index is -0.307. The van der Waals surface area contributed by atoms with E-state index in [0.717, 1.165) is 11.3 Å². The van der Waals surface area contributed by atoms with Crippen LogP contribution in [0.5, 0.6) is 0 Å². The number of rotatable bonds is 6. The number of nitrogen functional groups attached to an aromatic ring is 1. The first-order valence-corrected chi connectivity index (χ1v) is 8.19. The molecule has 0 aliphatic heterocycles. The highest BCUT2D eigenvalue weighted by Crippen LogP contribution is 2.13. The van der Waals surface area contributed by atoms with E-state index >= 15 is 0 Å². The Labute approximate surface area is 144 Å². The highest BCUT2D eigenvalue weighted by atomic mass is 32.1. The molecule has 1 aromatic heterocycles. The average molecular weight is 345 g/mol. The second-order valence-corrected chi connectivity index (χ2v) is 6.17. The molecule has 0 atom stereocenters. The zero-order chi connectivity index (χ0) is 17.5. The van der Waals surface area contributed by atoms with Gasteiger partial charge in [-0.15, -0.1) is 11.3 Å². The monoisotopic (exact) mass is 345 g/mol. The molecule has 1 heterocycles. The average Bonchev–Trinajstić information content (AvgIpc) is 2.92. The van der Waals surface area contributed by atoms with E-state index in [1.807, 2.05) is 31.2 Å². The Morgan fingerprint density at radius 3 is 2.71 bits per heavy atom. The second-order valence-electron chi connectivity index (χ2n) is 5.28. The van der Waals surface area contributed by atoms with Crippen molar-refractivity contribution < 1.29 is 9.59 Å². The molecule has 126 valence electrons. The van der Waals surface area contributed by atoms with Gasteiger partial charge in [-0.25, -0.2) is 10.4 Å². The summed E-state index contributed by atoms with van der Waals surface area (Å²) in [5.74, 6) is -0.494. The fourth-order valence-electron chi connectivity index (χ4n) is 1.95. The van der Waals surface area contributed by atoms with E-state index in [2.05, 4.69) is 20.8 Å². The molecule has 8 heteroatoms. The number of nitrogens with one attached hydrogen (secondary N) is 2. The van der Waals surface area contributed by atoms with Crippen molar-refractivity contribution in [2.24, 2.45) is 5.10 Å². The lowest BCUT2D eigenvalue weighted by Gasteiger charge is -2.08. The van der Waals surface area contributed by atoms with Gasteiger partial charge in [0.15, 0.2) is 5.13 Å². The number of carbonyl (C=O) groups is 2. The van der Waals surface area contributed by atoms with Gasteiger partial charge in [-0.2, -0.15) is 5.10 Å². The van der Waals surface area contributed by atoms with Crippen molar-refractivity contribution in [2.45, 2.75) is 26.7 Å². The molecule has 0 saturated heterocycles. The van der Waals surface area contributed by atoms with Crippen LogP contribution in [0.25, 0.3) is 0 Å². The van der Waals surface area contributed by atoms with Crippen LogP contribution in [0.1, 0.15) is 24.6 Å². The van der Waals surface area contributed by atoms with Gasteiger partial charge in [-0.3, -0.25) is 9.59 Å². The van der Waals surface area contributed by atoms with E-state index in [0.29, 0.717) is 16.5 Å². The number of nitrogens with zero attached hydrogens (tertiary/aromatic N) is 2. The molecule has 0 unspecified atom stereocenters. The van der Waals surface area contributed by atoms with Crippen molar-refractivity contribution in [3.63, 3.8) is 0 Å². The molecule has 0 aliphatic carbocycles. The maximum Gasteiger partial charge on any atom is 0.246 e. The van der Waals surface area contributed by atoms with E-state index in [1.54, 1.807) is 12.3 Å². The van der Waals surface area contributed by atoms with Crippen LogP contribution in [0.15, 0.2) is 34.7 Å². The molecular formula is C16H19N5O2S. The first kappa shape index (κ1) is 17.6. The molecule has 24 heavy (non-hydrogen) atoms. The molecule has 0 radical (unpaired) electrons. The molecule has 0 saturated carbocycles. The quantitative estimate of drug-likeness (QED) is 0.550. The van der Waals surface area contributed by atoms with Crippen molar-refractivity contribution >= 4 is 39.7 Å². The molecule has 2 amide bonds. The largest absolute Gasteiger partial charge is 0.375 e. The van der Waals surface area contributed by atoms with E-state index in [4.69, 9.17) is 5.73 Å². The number of aryl methyl sites for hydroxylation is 1. The Bertz CT molecular complexity index is 769. The second kappa shape index (κ2) is 8.21. The van der Waals surface area contributed by atoms with Crippen molar-refractivity contribution in [1.82, 2.24) is 10.4 Å². The highest BCUT2D eigenvalue weighted by molar-refractivity contribution is 7.13. The SMILES string of the molecule is C/C(CC(=O)Nc1ccccc1C)=N/NC(=O)Cc1csc(N)n1. The summed E-state index contributed by atoms with van der Waals surface area (Å²) in [6.07, 6.45) is 0.193. The smallest absolute Gasteiger partial charge is 0.246 e. The van der Waals surface area contributed by atoms with E-state index in [9.17, 15) is 9.59 Å². The number of anilines is 2. The summed E-state index contributed by atoms with van der Waals surface area (Å²) in [5.41, 5.74) is 10.8. The first-order valence-electron chi connectivity index (χ1n) is 7.31. The van der Waals surface area contributed by atoms with Gasteiger partial charge in [0.25, 0.3) is 0 Å². The Morgan fingerprint density at radius 2 is 2.04 bits per heavy atom. The number of hydrogen-bond donors (Lipinski definition) is 3. The first-order chi connectivity index (χ1) is 11.4. The molecule has 0 bridgehead atoms. The minimum absolute atomic E-state index is 0.0955. The van der Waals surface area contributed by atoms with Gasteiger partial charge in [0.05, 0.1) is 18.5 Å². The summed E-state index contributed by atoms with van der Waals surface area (Å²) in [4.78, 5) is 27.7. The van der Waals surface area contributed by atoms with E-state index < -0.39 is 0 Å². The molecular weight excluding hydrogens is 326 g/mol. The van der Waals surface area contributed by atoms with Crippen molar-refractivity contribution in [1.29, 1.82) is 0 Å². The molecule has 4 N–H and O–H groups in total. The van der Waals surface area contributed by atoms with Crippen LogP contribution in [-0.2, 0) is 16.0 Å². The van der Waals surface area contributed by atoms with Gasteiger partial charge in [0.1, 0.15) is 0 Å².